The van der Waals surface area contributed by atoms with Gasteiger partial charge in [-0.15, -0.1) is 0 Å². The Morgan fingerprint density at radius 3 is 2.56 bits per heavy atom. The smallest absolute Gasteiger partial charge is 0.243 e. The van der Waals surface area contributed by atoms with Crippen LogP contribution in [0.4, 0.5) is 0 Å². The molecule has 140 valence electrons. The molecule has 1 saturated heterocycles. The maximum atomic E-state index is 13.0. The minimum atomic E-state index is -3.53. The van der Waals surface area contributed by atoms with Crippen molar-refractivity contribution in [3.63, 3.8) is 0 Å². The quantitative estimate of drug-likeness (QED) is 0.751. The maximum absolute atomic E-state index is 13.0. The molecule has 1 fully saturated rings. The van der Waals surface area contributed by atoms with E-state index in [1.54, 1.807) is 22.5 Å². The van der Waals surface area contributed by atoms with Gasteiger partial charge in [-0.3, -0.25) is 0 Å². The highest BCUT2D eigenvalue weighted by atomic mass is 32.2. The van der Waals surface area contributed by atoms with Gasteiger partial charge in [0, 0.05) is 36.3 Å². The van der Waals surface area contributed by atoms with Crippen molar-refractivity contribution in [1.82, 2.24) is 9.29 Å². The van der Waals surface area contributed by atoms with Crippen molar-refractivity contribution in [1.29, 1.82) is 0 Å². The third-order valence-corrected chi connectivity index (χ3v) is 7.32. The maximum Gasteiger partial charge on any atom is 0.243 e. The van der Waals surface area contributed by atoms with E-state index < -0.39 is 10.0 Å². The van der Waals surface area contributed by atoms with Crippen molar-refractivity contribution < 1.29 is 17.9 Å². The van der Waals surface area contributed by atoms with E-state index in [1.165, 1.54) is 11.1 Å². The Morgan fingerprint density at radius 1 is 0.963 bits per heavy atom. The van der Waals surface area contributed by atoms with Gasteiger partial charge >= 0.3 is 0 Å². The Kier molecular flexibility index (Phi) is 3.87. The van der Waals surface area contributed by atoms with Gasteiger partial charge in [0.1, 0.15) is 0 Å². The monoisotopic (exact) mass is 384 g/mol. The van der Waals surface area contributed by atoms with Crippen LogP contribution in [0.3, 0.4) is 0 Å². The molecule has 0 aliphatic carbocycles. The molecule has 0 atom stereocenters. The Hall–Kier alpha value is -2.51. The summed E-state index contributed by atoms with van der Waals surface area (Å²) in [5.41, 5.74) is 2.32. The molecule has 0 saturated carbocycles. The second-order valence-corrected chi connectivity index (χ2v) is 8.94. The van der Waals surface area contributed by atoms with Gasteiger partial charge < -0.3 is 14.5 Å². The van der Waals surface area contributed by atoms with Crippen LogP contribution in [0.2, 0.25) is 0 Å². The summed E-state index contributed by atoms with van der Waals surface area (Å²) in [5, 5.41) is 1.20. The topological polar surface area (TPSA) is 71.6 Å². The predicted molar refractivity (Wildman–Crippen MR) is 102 cm³/mol. The highest BCUT2D eigenvalue weighted by Gasteiger charge is 2.31. The molecule has 0 spiro atoms. The number of ether oxygens (including phenoxy) is 2. The number of sulfonamides is 1. The van der Waals surface area contributed by atoms with E-state index >= 15 is 0 Å². The first-order valence-electron chi connectivity index (χ1n) is 9.09. The van der Waals surface area contributed by atoms with Crippen LogP contribution < -0.4 is 9.47 Å². The predicted octanol–water partition coefficient (Wildman–Crippen LogP) is 3.46. The summed E-state index contributed by atoms with van der Waals surface area (Å²) in [4.78, 5) is 3.74. The number of benzene rings is 2. The Labute approximate surface area is 157 Å². The normalized spacial score (nSPS) is 18.2. The van der Waals surface area contributed by atoms with E-state index in [0.717, 1.165) is 18.4 Å². The molecule has 1 N–H and O–H groups in total. The lowest BCUT2D eigenvalue weighted by molar-refractivity contribution is 0.174. The molecule has 2 aliphatic heterocycles. The third kappa shape index (κ3) is 2.87. The lowest BCUT2D eigenvalue weighted by Gasteiger charge is -2.30. The Morgan fingerprint density at radius 2 is 1.74 bits per heavy atom. The molecule has 5 rings (SSSR count). The standard InChI is InChI=1S/C20H20N2O4S/c23-27(24,16-5-6-19-20(12-16)26-13-25-19)22-9-7-14(8-10-22)18-11-15-3-1-2-4-17(15)21-18/h1-6,11-12,14,21H,7-10,13H2. The number of aromatic nitrogens is 1. The first-order valence-corrected chi connectivity index (χ1v) is 10.5. The van der Waals surface area contributed by atoms with Crippen molar-refractivity contribution in [2.45, 2.75) is 23.7 Å². The van der Waals surface area contributed by atoms with Gasteiger partial charge in [-0.05, 0) is 42.5 Å². The zero-order chi connectivity index (χ0) is 18.4. The summed E-state index contributed by atoms with van der Waals surface area (Å²) in [6, 6.07) is 15.2. The molecule has 2 aromatic carbocycles. The molecule has 7 heteroatoms. The fourth-order valence-corrected chi connectivity index (χ4v) is 5.39. The SMILES string of the molecule is O=S(=O)(c1ccc2c(c1)OCO2)N1CCC(c2cc3ccccc3[nH]2)CC1. The van der Waals surface area contributed by atoms with Crippen LogP contribution in [0.25, 0.3) is 10.9 Å². The molecule has 0 radical (unpaired) electrons. The summed E-state index contributed by atoms with van der Waals surface area (Å²) in [6.45, 7) is 1.16. The van der Waals surface area contributed by atoms with Crippen LogP contribution in [-0.4, -0.2) is 37.6 Å². The average Bonchev–Trinajstić information content (AvgIpc) is 3.34. The van der Waals surface area contributed by atoms with Crippen molar-refractivity contribution in [2.24, 2.45) is 0 Å². The van der Waals surface area contributed by atoms with Gasteiger partial charge in [0.2, 0.25) is 16.8 Å². The minimum Gasteiger partial charge on any atom is -0.454 e. The van der Waals surface area contributed by atoms with Crippen molar-refractivity contribution in [3.8, 4) is 11.5 Å². The van der Waals surface area contributed by atoms with Crippen LogP contribution in [-0.2, 0) is 10.0 Å². The zero-order valence-corrected chi connectivity index (χ0v) is 15.5. The fraction of sp³-hybridized carbons (Fsp3) is 0.300. The number of nitrogens with one attached hydrogen (secondary N) is 1. The Balaban J connectivity index is 1.33. The van der Waals surface area contributed by atoms with Gasteiger partial charge in [0.15, 0.2) is 11.5 Å². The van der Waals surface area contributed by atoms with E-state index in [0.29, 0.717) is 30.5 Å². The summed E-state index contributed by atoms with van der Waals surface area (Å²) >= 11 is 0. The average molecular weight is 384 g/mol. The molecule has 2 aliphatic rings. The lowest BCUT2D eigenvalue weighted by atomic mass is 9.95. The summed E-state index contributed by atoms with van der Waals surface area (Å²) < 4.78 is 38.1. The molecular weight excluding hydrogens is 364 g/mol. The van der Waals surface area contributed by atoms with Gasteiger partial charge in [-0.1, -0.05) is 18.2 Å². The van der Waals surface area contributed by atoms with E-state index in [1.807, 2.05) is 12.1 Å². The summed E-state index contributed by atoms with van der Waals surface area (Å²) in [5.74, 6) is 1.43. The number of H-pyrrole nitrogens is 1. The molecule has 0 amide bonds. The number of hydrogen-bond donors (Lipinski definition) is 1. The zero-order valence-electron chi connectivity index (χ0n) is 14.7. The van der Waals surface area contributed by atoms with Gasteiger partial charge in [0.25, 0.3) is 0 Å². The first-order chi connectivity index (χ1) is 13.1. The second-order valence-electron chi connectivity index (χ2n) is 7.01. The van der Waals surface area contributed by atoms with Gasteiger partial charge in [0.05, 0.1) is 4.90 Å². The molecule has 6 nitrogen and oxygen atoms in total. The number of nitrogens with zero attached hydrogens (tertiary/aromatic N) is 1. The number of fused-ring (bicyclic) bond motifs is 2. The van der Waals surface area contributed by atoms with Gasteiger partial charge in [-0.25, -0.2) is 8.42 Å². The van der Waals surface area contributed by atoms with Crippen LogP contribution in [0.1, 0.15) is 24.5 Å². The van der Waals surface area contributed by atoms with Crippen LogP contribution in [0.5, 0.6) is 11.5 Å². The van der Waals surface area contributed by atoms with E-state index in [4.69, 9.17) is 9.47 Å². The largest absolute Gasteiger partial charge is 0.454 e. The summed E-state index contributed by atoms with van der Waals surface area (Å²) in [6.07, 6.45) is 1.60. The van der Waals surface area contributed by atoms with Crippen molar-refractivity contribution >= 4 is 20.9 Å². The Bertz CT molecular complexity index is 1070. The van der Waals surface area contributed by atoms with Crippen molar-refractivity contribution in [3.05, 3.63) is 54.2 Å². The number of hydrogen-bond acceptors (Lipinski definition) is 4. The summed E-state index contributed by atoms with van der Waals surface area (Å²) in [7, 11) is -3.53. The highest BCUT2D eigenvalue weighted by Crippen LogP contribution is 2.36. The lowest BCUT2D eigenvalue weighted by Crippen LogP contribution is -2.37. The fourth-order valence-electron chi connectivity index (χ4n) is 3.91. The number of aromatic amines is 1. The van der Waals surface area contributed by atoms with Crippen LogP contribution in [0.15, 0.2) is 53.4 Å². The number of rotatable bonds is 3. The third-order valence-electron chi connectivity index (χ3n) is 5.43. The molecule has 0 bridgehead atoms. The number of piperidine rings is 1. The van der Waals surface area contributed by atoms with Gasteiger partial charge in [-0.2, -0.15) is 4.31 Å². The highest BCUT2D eigenvalue weighted by molar-refractivity contribution is 7.89. The molecule has 1 aromatic heterocycles. The van der Waals surface area contributed by atoms with E-state index in [2.05, 4.69) is 23.2 Å². The molecule has 3 heterocycles. The van der Waals surface area contributed by atoms with E-state index in [9.17, 15) is 8.42 Å². The van der Waals surface area contributed by atoms with Crippen molar-refractivity contribution in [2.75, 3.05) is 19.9 Å². The van der Waals surface area contributed by atoms with E-state index in [-0.39, 0.29) is 11.7 Å². The first kappa shape index (κ1) is 16.6. The second kappa shape index (κ2) is 6.28. The molecule has 3 aromatic rings. The molecule has 0 unspecified atom stereocenters. The number of para-hydroxylation sites is 1. The molecule has 27 heavy (non-hydrogen) atoms. The van der Waals surface area contributed by atoms with Crippen LogP contribution in [0, 0.1) is 0 Å². The minimum absolute atomic E-state index is 0.134. The van der Waals surface area contributed by atoms with Crippen LogP contribution >= 0.6 is 0 Å². The molecular formula is C20H20N2O4S.